The first-order valence-corrected chi connectivity index (χ1v) is 10.3. The van der Waals surface area contributed by atoms with Crippen LogP contribution in [0.5, 0.6) is 5.75 Å². The first-order chi connectivity index (χ1) is 14.0. The third-order valence-corrected chi connectivity index (χ3v) is 5.02. The average molecular weight is 398 g/mol. The van der Waals surface area contributed by atoms with E-state index in [2.05, 4.69) is 33.7 Å². The molecule has 3 N–H and O–H groups in total. The highest BCUT2D eigenvalue weighted by atomic mass is 16.5. The maximum atomic E-state index is 12.3. The molecular weight excluding hydrogens is 366 g/mol. The summed E-state index contributed by atoms with van der Waals surface area (Å²) >= 11 is 0. The number of benzene rings is 2. The molecule has 0 saturated carbocycles. The molecule has 1 heterocycles. The highest BCUT2D eigenvalue weighted by Crippen LogP contribution is 2.26. The van der Waals surface area contributed by atoms with E-state index in [1.807, 2.05) is 38.1 Å². The number of amides is 2. The van der Waals surface area contributed by atoms with Gasteiger partial charge in [0.2, 0.25) is 0 Å². The first-order valence-electron chi connectivity index (χ1n) is 10.3. The fourth-order valence-corrected chi connectivity index (χ4v) is 3.51. The molecule has 1 atom stereocenters. The molecule has 0 aromatic heterocycles. The molecule has 3 rings (SSSR count). The van der Waals surface area contributed by atoms with Crippen LogP contribution in [0, 0.1) is 6.92 Å². The third kappa shape index (κ3) is 6.21. The number of urea groups is 1. The van der Waals surface area contributed by atoms with E-state index in [4.69, 9.17) is 4.74 Å². The number of ether oxygens (including phenoxy) is 1. The number of nitrogens with one attached hydrogen (secondary N) is 2. The van der Waals surface area contributed by atoms with Gasteiger partial charge in [-0.25, -0.2) is 4.79 Å². The molecule has 0 bridgehead atoms. The average Bonchev–Trinajstić information content (AvgIpc) is 2.72. The second kappa shape index (κ2) is 10.3. The largest absolute Gasteiger partial charge is 0.491 e. The minimum atomic E-state index is -0.625. The van der Waals surface area contributed by atoms with E-state index in [-0.39, 0.29) is 12.6 Å². The number of aryl methyl sites for hydroxylation is 1. The van der Waals surface area contributed by atoms with Crippen LogP contribution in [0.3, 0.4) is 0 Å². The lowest BCUT2D eigenvalue weighted by atomic mass is 10.00. The molecule has 29 heavy (non-hydrogen) atoms. The summed E-state index contributed by atoms with van der Waals surface area (Å²) in [7, 11) is 0. The van der Waals surface area contributed by atoms with Gasteiger partial charge in [0.15, 0.2) is 0 Å². The predicted octanol–water partition coefficient (Wildman–Crippen LogP) is 3.32. The predicted molar refractivity (Wildman–Crippen MR) is 115 cm³/mol. The van der Waals surface area contributed by atoms with Gasteiger partial charge in [-0.3, -0.25) is 4.90 Å². The van der Waals surface area contributed by atoms with Crippen LogP contribution < -0.4 is 15.4 Å². The molecule has 2 aromatic rings. The van der Waals surface area contributed by atoms with Crippen LogP contribution in [0.15, 0.2) is 42.5 Å². The zero-order valence-corrected chi connectivity index (χ0v) is 17.3. The number of β-amino-alcohol motifs (C(OH)–C–C–N with tert-alkyl or cyclic N) is 1. The van der Waals surface area contributed by atoms with Crippen molar-refractivity contribution in [2.24, 2.45) is 0 Å². The molecular formula is C23H31N3O3. The number of rotatable bonds is 8. The van der Waals surface area contributed by atoms with E-state index in [9.17, 15) is 9.90 Å². The van der Waals surface area contributed by atoms with Crippen LogP contribution in [0.2, 0.25) is 0 Å². The Labute approximate surface area is 172 Å². The van der Waals surface area contributed by atoms with Gasteiger partial charge < -0.3 is 20.5 Å². The van der Waals surface area contributed by atoms with Crippen molar-refractivity contribution in [2.75, 3.05) is 31.6 Å². The van der Waals surface area contributed by atoms with E-state index < -0.39 is 6.10 Å². The smallest absolute Gasteiger partial charge is 0.319 e. The number of aliphatic hydroxyl groups is 1. The van der Waals surface area contributed by atoms with Crippen LogP contribution >= 0.6 is 0 Å². The summed E-state index contributed by atoms with van der Waals surface area (Å²) in [5, 5.41) is 15.9. The Hall–Kier alpha value is -2.57. The molecule has 0 spiro atoms. The molecule has 0 aliphatic carbocycles. The summed E-state index contributed by atoms with van der Waals surface area (Å²) in [6, 6.07) is 13.7. The van der Waals surface area contributed by atoms with Gasteiger partial charge in [-0.2, -0.15) is 0 Å². The Morgan fingerprint density at radius 2 is 2.03 bits per heavy atom. The zero-order chi connectivity index (χ0) is 20.6. The van der Waals surface area contributed by atoms with Crippen molar-refractivity contribution in [2.45, 2.75) is 39.3 Å². The molecule has 0 fully saturated rings. The molecule has 0 radical (unpaired) electrons. The van der Waals surface area contributed by atoms with Gasteiger partial charge in [0, 0.05) is 26.2 Å². The third-order valence-electron chi connectivity index (χ3n) is 5.02. The minimum Gasteiger partial charge on any atom is -0.491 e. The summed E-state index contributed by atoms with van der Waals surface area (Å²) in [5.41, 5.74) is 4.40. The van der Waals surface area contributed by atoms with E-state index in [1.54, 1.807) is 0 Å². The molecule has 6 heteroatoms. The Bertz CT molecular complexity index is 825. The number of carbonyl (C=O) groups is 1. The molecule has 156 valence electrons. The van der Waals surface area contributed by atoms with Crippen molar-refractivity contribution in [3.8, 4) is 5.75 Å². The quantitative estimate of drug-likeness (QED) is 0.639. The molecule has 6 nitrogen and oxygen atoms in total. The highest BCUT2D eigenvalue weighted by Gasteiger charge is 2.19. The Kier molecular flexibility index (Phi) is 7.49. The summed E-state index contributed by atoms with van der Waals surface area (Å²) in [4.78, 5) is 14.5. The number of hydrogen-bond acceptors (Lipinski definition) is 4. The van der Waals surface area contributed by atoms with Crippen LogP contribution in [-0.4, -0.2) is 48.4 Å². The van der Waals surface area contributed by atoms with Gasteiger partial charge >= 0.3 is 6.03 Å². The number of aliphatic hydroxyl groups excluding tert-OH is 1. The molecule has 2 aromatic carbocycles. The number of nitrogens with zero attached hydrogens (tertiary/aromatic N) is 1. The maximum absolute atomic E-state index is 12.3. The summed E-state index contributed by atoms with van der Waals surface area (Å²) in [6.45, 7) is 7.10. The van der Waals surface area contributed by atoms with Gasteiger partial charge in [0.05, 0.1) is 18.4 Å². The van der Waals surface area contributed by atoms with E-state index >= 15 is 0 Å². The number of hydrogen-bond donors (Lipinski definition) is 3. The van der Waals surface area contributed by atoms with Crippen LogP contribution in [0.4, 0.5) is 10.5 Å². The second-order valence-electron chi connectivity index (χ2n) is 7.59. The Morgan fingerprint density at radius 3 is 2.83 bits per heavy atom. The van der Waals surface area contributed by atoms with Crippen LogP contribution in [-0.2, 0) is 13.0 Å². The van der Waals surface area contributed by atoms with Crippen molar-refractivity contribution < 1.29 is 14.6 Å². The first kappa shape index (κ1) is 21.1. The van der Waals surface area contributed by atoms with Crippen molar-refractivity contribution >= 4 is 11.7 Å². The number of anilines is 1. The summed E-state index contributed by atoms with van der Waals surface area (Å²) in [5.74, 6) is 0.662. The Balaban J connectivity index is 1.46. The van der Waals surface area contributed by atoms with Crippen molar-refractivity contribution in [1.82, 2.24) is 10.2 Å². The van der Waals surface area contributed by atoms with Crippen LogP contribution in [0.1, 0.15) is 30.0 Å². The maximum Gasteiger partial charge on any atom is 0.319 e. The lowest BCUT2D eigenvalue weighted by molar-refractivity contribution is 0.106. The highest BCUT2D eigenvalue weighted by molar-refractivity contribution is 5.91. The van der Waals surface area contributed by atoms with Crippen molar-refractivity contribution in [3.05, 3.63) is 59.2 Å². The Morgan fingerprint density at radius 1 is 1.24 bits per heavy atom. The van der Waals surface area contributed by atoms with Gasteiger partial charge in [-0.1, -0.05) is 37.3 Å². The lowest BCUT2D eigenvalue weighted by Gasteiger charge is -2.30. The van der Waals surface area contributed by atoms with Crippen molar-refractivity contribution in [1.29, 1.82) is 0 Å². The lowest BCUT2D eigenvalue weighted by Crippen LogP contribution is -2.43. The number of fused-ring (bicyclic) bond motifs is 1. The molecule has 1 aliphatic heterocycles. The standard InChI is InChI=1S/C23H31N3O3/c1-3-12-29-22-13-17(2)8-9-21(22)25-23(28)24-14-20(27)16-26-11-10-18-6-4-5-7-19(18)15-26/h4-9,13,20,27H,3,10-12,14-16H2,1-2H3,(H2,24,25,28). The fourth-order valence-electron chi connectivity index (χ4n) is 3.51. The van der Waals surface area contributed by atoms with E-state index in [1.165, 1.54) is 11.1 Å². The molecule has 1 aliphatic rings. The summed E-state index contributed by atoms with van der Waals surface area (Å²) < 4.78 is 5.72. The summed E-state index contributed by atoms with van der Waals surface area (Å²) in [6.07, 6.45) is 1.26. The fraction of sp³-hybridized carbons (Fsp3) is 0.435. The molecule has 0 saturated heterocycles. The van der Waals surface area contributed by atoms with E-state index in [0.29, 0.717) is 24.6 Å². The minimum absolute atomic E-state index is 0.195. The normalized spacial score (nSPS) is 14.7. The second-order valence-corrected chi connectivity index (χ2v) is 7.59. The topological polar surface area (TPSA) is 73.8 Å². The van der Waals surface area contributed by atoms with Crippen molar-refractivity contribution in [3.63, 3.8) is 0 Å². The van der Waals surface area contributed by atoms with Gasteiger partial charge in [-0.05, 0) is 48.6 Å². The number of carbonyl (C=O) groups excluding carboxylic acids is 1. The monoisotopic (exact) mass is 397 g/mol. The molecule has 1 unspecified atom stereocenters. The van der Waals surface area contributed by atoms with Gasteiger partial charge in [0.1, 0.15) is 5.75 Å². The van der Waals surface area contributed by atoms with Crippen LogP contribution in [0.25, 0.3) is 0 Å². The van der Waals surface area contributed by atoms with E-state index in [0.717, 1.165) is 31.5 Å². The molecule has 2 amide bonds. The van der Waals surface area contributed by atoms with Gasteiger partial charge in [0.25, 0.3) is 0 Å². The SMILES string of the molecule is CCCOc1cc(C)ccc1NC(=O)NCC(O)CN1CCc2ccccc2C1. The van der Waals surface area contributed by atoms with Gasteiger partial charge in [-0.15, -0.1) is 0 Å². The zero-order valence-electron chi connectivity index (χ0n) is 17.3.